The van der Waals surface area contributed by atoms with Crippen molar-refractivity contribution in [2.24, 2.45) is 34.6 Å². The molecule has 4 bridgehead atoms. The van der Waals surface area contributed by atoms with Crippen LogP contribution in [-0.4, -0.2) is 36.5 Å². The van der Waals surface area contributed by atoms with Crippen LogP contribution in [0.2, 0.25) is 0 Å². The number of amides is 3. The van der Waals surface area contributed by atoms with Crippen molar-refractivity contribution in [3.8, 4) is 0 Å². The highest BCUT2D eigenvalue weighted by atomic mass is 16.5. The SMILES string of the molecule is NC(=O)[C@H](CCCCNC(=O)OCc1ccccc1)NC(=O)[C@@H](N)CC12CC3CC(CC(C3)C1)C2. The number of nitrogens with two attached hydrogens (primary N) is 2. The molecule has 35 heavy (non-hydrogen) atoms. The third-order valence-corrected chi connectivity index (χ3v) is 8.22. The van der Waals surface area contributed by atoms with E-state index < -0.39 is 24.1 Å². The number of nitrogens with one attached hydrogen (secondary N) is 2. The molecule has 5 rings (SSSR count). The van der Waals surface area contributed by atoms with Gasteiger partial charge in [-0.2, -0.15) is 0 Å². The fraction of sp³-hybridized carbons (Fsp3) is 0.667. The lowest BCUT2D eigenvalue weighted by Gasteiger charge is -2.57. The van der Waals surface area contributed by atoms with Crippen molar-refractivity contribution in [2.45, 2.75) is 82.9 Å². The number of benzene rings is 1. The van der Waals surface area contributed by atoms with Gasteiger partial charge in [-0.3, -0.25) is 9.59 Å². The number of rotatable bonds is 12. The largest absolute Gasteiger partial charge is 0.445 e. The van der Waals surface area contributed by atoms with Gasteiger partial charge in [0.1, 0.15) is 12.6 Å². The van der Waals surface area contributed by atoms with E-state index in [0.29, 0.717) is 32.2 Å². The maximum atomic E-state index is 12.8. The normalized spacial score (nSPS) is 28.2. The minimum atomic E-state index is -0.755. The first kappa shape index (κ1) is 25.5. The highest BCUT2D eigenvalue weighted by Gasteiger charge is 2.51. The first-order valence-corrected chi connectivity index (χ1v) is 13.1. The maximum absolute atomic E-state index is 12.8. The van der Waals surface area contributed by atoms with E-state index in [1.807, 2.05) is 30.3 Å². The molecule has 1 aromatic rings. The van der Waals surface area contributed by atoms with Gasteiger partial charge < -0.3 is 26.8 Å². The Kier molecular flexibility index (Phi) is 8.31. The minimum absolute atomic E-state index is 0.203. The lowest BCUT2D eigenvalue weighted by atomic mass is 9.48. The number of primary amides is 1. The molecule has 8 nitrogen and oxygen atoms in total. The van der Waals surface area contributed by atoms with E-state index in [9.17, 15) is 14.4 Å². The third-order valence-electron chi connectivity index (χ3n) is 8.22. The molecule has 1 aromatic carbocycles. The van der Waals surface area contributed by atoms with Crippen LogP contribution in [0, 0.1) is 23.2 Å². The van der Waals surface area contributed by atoms with Gasteiger partial charge in [-0.1, -0.05) is 30.3 Å². The monoisotopic (exact) mass is 484 g/mol. The Morgan fingerprint density at radius 2 is 1.63 bits per heavy atom. The van der Waals surface area contributed by atoms with Crippen LogP contribution < -0.4 is 22.1 Å². The maximum Gasteiger partial charge on any atom is 0.407 e. The summed E-state index contributed by atoms with van der Waals surface area (Å²) in [6.45, 7) is 0.630. The van der Waals surface area contributed by atoms with Crippen LogP contribution in [0.25, 0.3) is 0 Å². The molecule has 0 saturated heterocycles. The Labute approximate surface area is 207 Å². The molecular weight excluding hydrogens is 444 g/mol. The lowest BCUT2D eigenvalue weighted by molar-refractivity contribution is -0.130. The number of alkyl carbamates (subject to hydrolysis) is 1. The molecule has 0 spiro atoms. The van der Waals surface area contributed by atoms with Crippen molar-refractivity contribution in [3.05, 3.63) is 35.9 Å². The standard InChI is InChI=1S/C27H40N4O4/c28-22(16-27-13-19-10-20(14-27)12-21(11-19)15-27)25(33)31-23(24(29)32)8-4-5-9-30-26(34)35-17-18-6-2-1-3-7-18/h1-3,6-7,19-23H,4-5,8-17,28H2,(H2,29,32)(H,30,34)(H,31,33)/t19?,20?,21?,22-,23-,27?/m0/s1. The van der Waals surface area contributed by atoms with E-state index in [1.165, 1.54) is 38.5 Å². The van der Waals surface area contributed by atoms with Crippen LogP contribution in [0.15, 0.2) is 30.3 Å². The number of unbranched alkanes of at least 4 members (excludes halogenated alkanes) is 1. The Morgan fingerprint density at radius 3 is 2.23 bits per heavy atom. The topological polar surface area (TPSA) is 137 Å². The fourth-order valence-electron chi connectivity index (χ4n) is 7.10. The van der Waals surface area contributed by atoms with E-state index in [0.717, 1.165) is 23.3 Å². The fourth-order valence-corrected chi connectivity index (χ4v) is 7.10. The summed E-state index contributed by atoms with van der Waals surface area (Å²) < 4.78 is 5.18. The number of carbonyl (C=O) groups is 3. The van der Waals surface area contributed by atoms with Gasteiger partial charge in [0.2, 0.25) is 11.8 Å². The quantitative estimate of drug-likeness (QED) is 0.338. The van der Waals surface area contributed by atoms with Crippen molar-refractivity contribution >= 4 is 17.9 Å². The van der Waals surface area contributed by atoms with Crippen molar-refractivity contribution in [1.29, 1.82) is 0 Å². The second-order valence-corrected chi connectivity index (χ2v) is 11.2. The summed E-state index contributed by atoms with van der Waals surface area (Å²) in [5, 5.41) is 5.49. The first-order valence-electron chi connectivity index (χ1n) is 13.1. The average molecular weight is 485 g/mol. The molecule has 4 aliphatic carbocycles. The van der Waals surface area contributed by atoms with Crippen LogP contribution in [0.5, 0.6) is 0 Å². The van der Waals surface area contributed by atoms with Gasteiger partial charge in [-0.05, 0) is 92.9 Å². The molecule has 6 N–H and O–H groups in total. The molecule has 8 heteroatoms. The summed E-state index contributed by atoms with van der Waals surface area (Å²) in [5.74, 6) is 1.57. The van der Waals surface area contributed by atoms with E-state index >= 15 is 0 Å². The zero-order chi connectivity index (χ0) is 24.8. The summed E-state index contributed by atoms with van der Waals surface area (Å²) in [6, 6.07) is 8.09. The van der Waals surface area contributed by atoms with Crippen molar-refractivity contribution in [1.82, 2.24) is 10.6 Å². The van der Waals surface area contributed by atoms with Crippen molar-refractivity contribution in [2.75, 3.05) is 6.54 Å². The van der Waals surface area contributed by atoms with E-state index in [2.05, 4.69) is 10.6 Å². The Hall–Kier alpha value is -2.61. The van der Waals surface area contributed by atoms with Gasteiger partial charge in [-0.15, -0.1) is 0 Å². The molecule has 4 saturated carbocycles. The molecule has 0 heterocycles. The molecule has 4 aliphatic rings. The van der Waals surface area contributed by atoms with Crippen LogP contribution in [0.4, 0.5) is 4.79 Å². The Morgan fingerprint density at radius 1 is 1.00 bits per heavy atom. The lowest BCUT2D eigenvalue weighted by Crippen LogP contribution is -2.54. The van der Waals surface area contributed by atoms with E-state index in [-0.39, 0.29) is 17.9 Å². The summed E-state index contributed by atoms with van der Waals surface area (Å²) in [4.78, 5) is 36.6. The van der Waals surface area contributed by atoms with Crippen LogP contribution in [-0.2, 0) is 20.9 Å². The molecule has 4 fully saturated rings. The van der Waals surface area contributed by atoms with Gasteiger partial charge >= 0.3 is 6.09 Å². The molecule has 2 atom stereocenters. The Bertz CT molecular complexity index is 855. The highest BCUT2D eigenvalue weighted by Crippen LogP contribution is 2.61. The minimum Gasteiger partial charge on any atom is -0.445 e. The molecule has 0 aliphatic heterocycles. The second-order valence-electron chi connectivity index (χ2n) is 11.2. The van der Waals surface area contributed by atoms with Crippen LogP contribution in [0.1, 0.15) is 69.8 Å². The summed E-state index contributed by atoms with van der Waals surface area (Å²) in [6.07, 6.45) is 9.52. The van der Waals surface area contributed by atoms with E-state index in [1.54, 1.807) is 0 Å². The van der Waals surface area contributed by atoms with Crippen LogP contribution >= 0.6 is 0 Å². The smallest absolute Gasteiger partial charge is 0.407 e. The first-order chi connectivity index (χ1) is 16.8. The number of ether oxygens (including phenoxy) is 1. The zero-order valence-electron chi connectivity index (χ0n) is 20.5. The molecule has 0 unspecified atom stereocenters. The summed E-state index contributed by atoms with van der Waals surface area (Å²) in [5.41, 5.74) is 13.0. The van der Waals surface area contributed by atoms with Crippen molar-refractivity contribution in [3.63, 3.8) is 0 Å². The molecule has 192 valence electrons. The molecule has 0 radical (unpaired) electrons. The summed E-state index contributed by atoms with van der Waals surface area (Å²) in [7, 11) is 0. The van der Waals surface area contributed by atoms with Gasteiger partial charge in [-0.25, -0.2) is 4.79 Å². The molecule has 0 aromatic heterocycles. The number of hydrogen-bond acceptors (Lipinski definition) is 5. The van der Waals surface area contributed by atoms with Gasteiger partial charge in [0.25, 0.3) is 0 Å². The predicted molar refractivity (Wildman–Crippen MR) is 133 cm³/mol. The Balaban J connectivity index is 1.14. The zero-order valence-corrected chi connectivity index (χ0v) is 20.5. The second kappa shape index (κ2) is 11.4. The van der Waals surface area contributed by atoms with Gasteiger partial charge in [0, 0.05) is 6.54 Å². The average Bonchev–Trinajstić information content (AvgIpc) is 2.81. The molecular formula is C27H40N4O4. The van der Waals surface area contributed by atoms with E-state index in [4.69, 9.17) is 16.2 Å². The van der Waals surface area contributed by atoms with Crippen LogP contribution in [0.3, 0.4) is 0 Å². The highest BCUT2D eigenvalue weighted by molar-refractivity contribution is 5.88. The number of hydrogen-bond donors (Lipinski definition) is 4. The predicted octanol–water partition coefficient (Wildman–Crippen LogP) is 2.99. The third kappa shape index (κ3) is 6.97. The van der Waals surface area contributed by atoms with Gasteiger partial charge in [0.15, 0.2) is 0 Å². The molecule has 3 amide bonds. The van der Waals surface area contributed by atoms with Crippen molar-refractivity contribution < 1.29 is 19.1 Å². The number of carbonyl (C=O) groups excluding carboxylic acids is 3. The van der Waals surface area contributed by atoms with Gasteiger partial charge in [0.05, 0.1) is 6.04 Å². The summed E-state index contributed by atoms with van der Waals surface area (Å²) >= 11 is 0.